The maximum Gasteiger partial charge on any atom is 0.534 e. The van der Waals surface area contributed by atoms with Crippen molar-refractivity contribution < 1.29 is 30.2 Å². The highest BCUT2D eigenvalue weighted by Gasteiger charge is 2.48. The molecule has 1 fully saturated rings. The first-order chi connectivity index (χ1) is 11.1. The van der Waals surface area contributed by atoms with Crippen LogP contribution in [0.15, 0.2) is 18.2 Å². The fourth-order valence-electron chi connectivity index (χ4n) is 3.20. The van der Waals surface area contributed by atoms with Crippen LogP contribution in [0.3, 0.4) is 0 Å². The van der Waals surface area contributed by atoms with Gasteiger partial charge in [0.15, 0.2) is 11.6 Å². The van der Waals surface area contributed by atoms with Gasteiger partial charge in [0.1, 0.15) is 0 Å². The Morgan fingerprint density at radius 2 is 1.88 bits per heavy atom. The van der Waals surface area contributed by atoms with Crippen LogP contribution in [-0.2, 0) is 10.1 Å². The van der Waals surface area contributed by atoms with Crippen molar-refractivity contribution in [3.63, 3.8) is 0 Å². The van der Waals surface area contributed by atoms with Gasteiger partial charge in [0.05, 0.1) is 0 Å². The zero-order valence-electron chi connectivity index (χ0n) is 13.3. The van der Waals surface area contributed by atoms with Gasteiger partial charge in [-0.3, -0.25) is 0 Å². The molecule has 9 heteroatoms. The van der Waals surface area contributed by atoms with Gasteiger partial charge in [-0.2, -0.15) is 21.6 Å². The predicted molar refractivity (Wildman–Crippen MR) is 85.8 cm³/mol. The lowest BCUT2D eigenvalue weighted by Crippen LogP contribution is -2.28. The summed E-state index contributed by atoms with van der Waals surface area (Å²) < 4.78 is 76.6. The summed E-state index contributed by atoms with van der Waals surface area (Å²) >= 11 is 0. The third-order valence-electron chi connectivity index (χ3n) is 4.45. The van der Waals surface area contributed by atoms with Crippen LogP contribution in [-0.4, -0.2) is 22.7 Å². The molecular formula is C15H20F4O3SSi. The molecule has 2 rings (SSSR count). The molecule has 0 N–H and O–H groups in total. The summed E-state index contributed by atoms with van der Waals surface area (Å²) in [7, 11) is -6.54. The van der Waals surface area contributed by atoms with Gasteiger partial charge in [-0.05, 0) is 36.5 Å². The van der Waals surface area contributed by atoms with Crippen LogP contribution in [0.4, 0.5) is 17.6 Å². The Hall–Kier alpha value is -1.09. The van der Waals surface area contributed by atoms with E-state index in [2.05, 4.69) is 11.1 Å². The molecule has 0 spiro atoms. The van der Waals surface area contributed by atoms with E-state index in [0.29, 0.717) is 5.56 Å². The molecule has 24 heavy (non-hydrogen) atoms. The predicted octanol–water partition coefficient (Wildman–Crippen LogP) is 4.57. The van der Waals surface area contributed by atoms with Crippen LogP contribution >= 0.6 is 0 Å². The Balaban J connectivity index is 2.08. The molecule has 1 aromatic rings. The van der Waals surface area contributed by atoms with Crippen LogP contribution in [0.5, 0.6) is 5.75 Å². The van der Waals surface area contributed by atoms with Crippen molar-refractivity contribution in [1.29, 1.82) is 0 Å². The zero-order chi connectivity index (χ0) is 18.0. The van der Waals surface area contributed by atoms with Crippen molar-refractivity contribution >= 4 is 18.9 Å². The maximum atomic E-state index is 14.0. The summed E-state index contributed by atoms with van der Waals surface area (Å²) in [4.78, 5) is 0. The fourth-order valence-corrected chi connectivity index (χ4v) is 7.09. The number of hydrogen-bond acceptors (Lipinski definition) is 3. The van der Waals surface area contributed by atoms with Crippen molar-refractivity contribution in [3.05, 3.63) is 29.6 Å². The van der Waals surface area contributed by atoms with Crippen LogP contribution in [0.25, 0.3) is 0 Å². The quantitative estimate of drug-likeness (QED) is 0.323. The molecule has 1 aliphatic rings. The largest absolute Gasteiger partial charge is 0.534 e. The van der Waals surface area contributed by atoms with Gasteiger partial charge >= 0.3 is 15.6 Å². The highest BCUT2D eigenvalue weighted by molar-refractivity contribution is 7.88. The molecule has 3 nitrogen and oxygen atoms in total. The molecule has 1 saturated heterocycles. The van der Waals surface area contributed by atoms with Gasteiger partial charge in [0.2, 0.25) is 0 Å². The molecule has 0 aromatic heterocycles. The fraction of sp³-hybridized carbons (Fsp3) is 0.600. The van der Waals surface area contributed by atoms with Gasteiger partial charge in [0.25, 0.3) is 0 Å². The first-order valence-electron chi connectivity index (χ1n) is 7.94. The third kappa shape index (κ3) is 4.50. The summed E-state index contributed by atoms with van der Waals surface area (Å²) in [6, 6.07) is 7.18. The standard InChI is InChI=1S/C15H20F4O3SSi/c1-2-7-24-8-5-11(6-9-24)12-3-4-14(13(16)10-12)22-23(20,21)15(17,18)19/h3-4,10-11,24H,2,5-9H2,1H3. The molecule has 0 unspecified atom stereocenters. The zero-order valence-corrected chi connectivity index (χ0v) is 15.2. The van der Waals surface area contributed by atoms with E-state index >= 15 is 0 Å². The van der Waals surface area contributed by atoms with Gasteiger partial charge in [-0.25, -0.2) is 4.39 Å². The summed E-state index contributed by atoms with van der Waals surface area (Å²) in [5, 5.41) is 0. The van der Waals surface area contributed by atoms with Crippen molar-refractivity contribution in [1.82, 2.24) is 0 Å². The van der Waals surface area contributed by atoms with E-state index in [1.807, 2.05) is 0 Å². The van der Waals surface area contributed by atoms with Crippen molar-refractivity contribution in [2.24, 2.45) is 0 Å². The van der Waals surface area contributed by atoms with E-state index in [4.69, 9.17) is 0 Å². The van der Waals surface area contributed by atoms with E-state index in [1.165, 1.54) is 30.6 Å². The normalized spacial score (nSPS) is 22.4. The number of alkyl halides is 3. The lowest BCUT2D eigenvalue weighted by Gasteiger charge is -2.27. The minimum absolute atomic E-state index is 0.174. The molecule has 0 radical (unpaired) electrons. The van der Waals surface area contributed by atoms with E-state index in [9.17, 15) is 26.0 Å². The van der Waals surface area contributed by atoms with Gasteiger partial charge in [0, 0.05) is 8.80 Å². The lowest BCUT2D eigenvalue weighted by atomic mass is 9.93. The smallest absolute Gasteiger partial charge is 0.373 e. The molecule has 1 aliphatic heterocycles. The molecule has 1 heterocycles. The monoisotopic (exact) mass is 384 g/mol. The van der Waals surface area contributed by atoms with E-state index in [-0.39, 0.29) is 5.92 Å². The molecule has 0 atom stereocenters. The summed E-state index contributed by atoms with van der Waals surface area (Å²) in [5.74, 6) is -1.84. The van der Waals surface area contributed by atoms with Crippen molar-refractivity contribution in [3.8, 4) is 5.75 Å². The topological polar surface area (TPSA) is 43.4 Å². The molecule has 136 valence electrons. The van der Waals surface area contributed by atoms with Crippen LogP contribution in [0.1, 0.15) is 37.7 Å². The summed E-state index contributed by atoms with van der Waals surface area (Å²) in [6.45, 7) is 2.17. The SMILES string of the molecule is CCC[SiH]1CCC(c2ccc(OS(=O)(=O)C(F)(F)F)c(F)c2)CC1. The van der Waals surface area contributed by atoms with E-state index in [0.717, 1.165) is 25.0 Å². The highest BCUT2D eigenvalue weighted by atomic mass is 32.2. The average Bonchev–Trinajstić information content (AvgIpc) is 2.49. The number of halogens is 4. The first-order valence-corrected chi connectivity index (χ1v) is 11.8. The first kappa shape index (κ1) is 19.2. The van der Waals surface area contributed by atoms with Gasteiger partial charge < -0.3 is 4.18 Å². The third-order valence-corrected chi connectivity index (χ3v) is 9.11. The second-order valence-electron chi connectivity index (χ2n) is 6.18. The molecule has 0 bridgehead atoms. The molecule has 0 saturated carbocycles. The second-order valence-corrected chi connectivity index (χ2v) is 11.2. The van der Waals surface area contributed by atoms with Crippen molar-refractivity contribution in [2.75, 3.05) is 0 Å². The van der Waals surface area contributed by atoms with Crippen LogP contribution in [0, 0.1) is 5.82 Å². The molecule has 0 aliphatic carbocycles. The molecular weight excluding hydrogens is 364 g/mol. The Labute approximate surface area is 140 Å². The molecule has 0 amide bonds. The average molecular weight is 384 g/mol. The minimum Gasteiger partial charge on any atom is -0.373 e. The minimum atomic E-state index is -5.86. The lowest BCUT2D eigenvalue weighted by molar-refractivity contribution is -0.0500. The highest BCUT2D eigenvalue weighted by Crippen LogP contribution is 2.37. The Morgan fingerprint density at radius 3 is 2.38 bits per heavy atom. The van der Waals surface area contributed by atoms with Gasteiger partial charge in [-0.1, -0.05) is 37.5 Å². The number of rotatable bonds is 5. The number of benzene rings is 1. The summed E-state index contributed by atoms with van der Waals surface area (Å²) in [6.07, 6.45) is 3.10. The van der Waals surface area contributed by atoms with Gasteiger partial charge in [-0.15, -0.1) is 0 Å². The maximum absolute atomic E-state index is 14.0. The molecule has 1 aromatic carbocycles. The van der Waals surface area contributed by atoms with Crippen LogP contribution in [0.2, 0.25) is 18.1 Å². The van der Waals surface area contributed by atoms with E-state index in [1.54, 1.807) is 0 Å². The second kappa shape index (κ2) is 7.43. The Kier molecular flexibility index (Phi) is 5.95. The van der Waals surface area contributed by atoms with Crippen molar-refractivity contribution in [2.45, 2.75) is 55.7 Å². The van der Waals surface area contributed by atoms with E-state index < -0.39 is 36.0 Å². The Bertz CT molecular complexity index is 668. The van der Waals surface area contributed by atoms with Crippen LogP contribution < -0.4 is 4.18 Å². The Morgan fingerprint density at radius 1 is 1.25 bits per heavy atom. The number of hydrogen-bond donors (Lipinski definition) is 0. The summed E-state index contributed by atoms with van der Waals surface area (Å²) in [5.41, 5.74) is -4.89.